The lowest BCUT2D eigenvalue weighted by Crippen LogP contribution is -2.31. The Morgan fingerprint density at radius 3 is 2.44 bits per heavy atom. The molecule has 0 saturated carbocycles. The average molecular weight is 240 g/mol. The molecule has 84 valence electrons. The number of hydrogen-bond acceptors (Lipinski definition) is 4. The van der Waals surface area contributed by atoms with Crippen LogP contribution in [0.5, 0.6) is 0 Å². The van der Waals surface area contributed by atoms with E-state index in [-0.39, 0.29) is 17.0 Å². The number of rotatable bonds is 2. The molecule has 0 unspecified atom stereocenters. The van der Waals surface area contributed by atoms with Crippen LogP contribution in [0.2, 0.25) is 0 Å². The summed E-state index contributed by atoms with van der Waals surface area (Å²) in [5.41, 5.74) is 0.607. The monoisotopic (exact) mass is 240 g/mol. The maximum absolute atomic E-state index is 12.6. The summed E-state index contributed by atoms with van der Waals surface area (Å²) in [6.45, 7) is 0. The lowest BCUT2D eigenvalue weighted by Gasteiger charge is -2.10. The van der Waals surface area contributed by atoms with Crippen LogP contribution in [0, 0.1) is 5.82 Å². The van der Waals surface area contributed by atoms with Crippen LogP contribution in [0.1, 0.15) is 0 Å². The van der Waals surface area contributed by atoms with E-state index >= 15 is 0 Å². The van der Waals surface area contributed by atoms with Gasteiger partial charge in [0.05, 0.1) is 0 Å². The van der Waals surface area contributed by atoms with Crippen molar-refractivity contribution < 1.29 is 14.0 Å². The van der Waals surface area contributed by atoms with E-state index in [1.54, 1.807) is 0 Å². The van der Waals surface area contributed by atoms with Crippen LogP contribution >= 0.6 is 11.8 Å². The van der Waals surface area contributed by atoms with Gasteiger partial charge in [-0.3, -0.25) is 14.5 Å². The number of benzene rings is 1. The molecule has 0 aliphatic carbocycles. The van der Waals surface area contributed by atoms with E-state index < -0.39 is 5.37 Å². The van der Waals surface area contributed by atoms with E-state index in [9.17, 15) is 14.0 Å². The van der Waals surface area contributed by atoms with Crippen molar-refractivity contribution in [2.24, 2.45) is 0 Å². The minimum Gasteiger partial charge on any atom is -0.365 e. The van der Waals surface area contributed by atoms with Crippen LogP contribution in [-0.2, 0) is 4.79 Å². The first-order chi connectivity index (χ1) is 7.58. The van der Waals surface area contributed by atoms with Crippen LogP contribution in [0.15, 0.2) is 24.3 Å². The fourth-order valence-corrected chi connectivity index (χ4v) is 2.19. The quantitative estimate of drug-likeness (QED) is 0.857. The number of carbonyl (C=O) groups excluding carboxylic acids is 2. The third-order valence-corrected chi connectivity index (χ3v) is 3.22. The Balaban J connectivity index is 2.09. The molecule has 1 atom stereocenters. The summed E-state index contributed by atoms with van der Waals surface area (Å²) in [7, 11) is 1.43. The summed E-state index contributed by atoms with van der Waals surface area (Å²) >= 11 is 0.913. The first-order valence-corrected chi connectivity index (χ1v) is 5.46. The number of carbonyl (C=O) groups is 2. The standard InChI is InChI=1S/C10H9FN2O2S/c1-13-9(14)8(16-10(13)15)12-7-4-2-6(11)3-5-7/h2-5,8,12H,1H3/t8-/m1/s1. The molecule has 1 aliphatic rings. The maximum Gasteiger partial charge on any atom is 0.290 e. The number of hydrogen-bond donors (Lipinski definition) is 1. The first-order valence-electron chi connectivity index (χ1n) is 4.58. The van der Waals surface area contributed by atoms with Crippen molar-refractivity contribution in [2.45, 2.75) is 5.37 Å². The smallest absolute Gasteiger partial charge is 0.290 e. The van der Waals surface area contributed by atoms with Crippen LogP contribution in [-0.4, -0.2) is 28.5 Å². The number of nitrogens with zero attached hydrogens (tertiary/aromatic N) is 1. The minimum absolute atomic E-state index is 0.287. The molecule has 1 aromatic carbocycles. The molecule has 1 saturated heterocycles. The van der Waals surface area contributed by atoms with Gasteiger partial charge in [-0.15, -0.1) is 0 Å². The van der Waals surface area contributed by atoms with Gasteiger partial charge in [-0.2, -0.15) is 0 Å². The van der Waals surface area contributed by atoms with Gasteiger partial charge >= 0.3 is 0 Å². The number of thioether (sulfide) groups is 1. The molecule has 1 fully saturated rings. The average Bonchev–Trinajstić information content (AvgIpc) is 2.50. The third-order valence-electron chi connectivity index (χ3n) is 2.19. The zero-order chi connectivity index (χ0) is 11.7. The Kier molecular flexibility index (Phi) is 2.82. The second-order valence-corrected chi connectivity index (χ2v) is 4.37. The lowest BCUT2D eigenvalue weighted by molar-refractivity contribution is -0.125. The Hall–Kier alpha value is -1.56. The Bertz CT molecular complexity index is 435. The molecular weight excluding hydrogens is 231 g/mol. The molecule has 1 N–H and O–H groups in total. The first kappa shape index (κ1) is 10.9. The van der Waals surface area contributed by atoms with Gasteiger partial charge in [0.1, 0.15) is 5.82 Å². The third kappa shape index (κ3) is 2.01. The molecule has 1 aliphatic heterocycles. The number of halogens is 1. The fraction of sp³-hybridized carbons (Fsp3) is 0.200. The van der Waals surface area contributed by atoms with E-state index in [4.69, 9.17) is 0 Å². The van der Waals surface area contributed by atoms with Gasteiger partial charge < -0.3 is 5.32 Å². The molecule has 0 bridgehead atoms. The van der Waals surface area contributed by atoms with Crippen molar-refractivity contribution in [3.8, 4) is 0 Å². The highest BCUT2D eigenvalue weighted by molar-refractivity contribution is 8.15. The Labute approximate surface area is 95.8 Å². The van der Waals surface area contributed by atoms with Crippen LogP contribution in [0.25, 0.3) is 0 Å². The van der Waals surface area contributed by atoms with E-state index in [1.165, 1.54) is 31.3 Å². The predicted octanol–water partition coefficient (Wildman–Crippen LogP) is 1.89. The van der Waals surface area contributed by atoms with E-state index in [2.05, 4.69) is 5.32 Å². The van der Waals surface area contributed by atoms with Gasteiger partial charge in [-0.1, -0.05) is 0 Å². The molecule has 1 aromatic rings. The molecule has 1 heterocycles. The summed E-state index contributed by atoms with van der Waals surface area (Å²) in [5.74, 6) is -0.636. The van der Waals surface area contributed by atoms with E-state index in [0.29, 0.717) is 5.69 Å². The lowest BCUT2D eigenvalue weighted by atomic mass is 10.3. The Morgan fingerprint density at radius 1 is 1.31 bits per heavy atom. The summed E-state index contributed by atoms with van der Waals surface area (Å²) in [5, 5.41) is 1.95. The molecule has 4 nitrogen and oxygen atoms in total. The molecule has 16 heavy (non-hydrogen) atoms. The number of imide groups is 1. The van der Waals surface area contributed by atoms with Gasteiger partial charge in [0.25, 0.3) is 11.1 Å². The molecular formula is C10H9FN2O2S. The van der Waals surface area contributed by atoms with Crippen molar-refractivity contribution in [3.05, 3.63) is 30.1 Å². The predicted molar refractivity (Wildman–Crippen MR) is 59.6 cm³/mol. The van der Waals surface area contributed by atoms with E-state index in [0.717, 1.165) is 16.7 Å². The normalized spacial score (nSPS) is 20.4. The Morgan fingerprint density at radius 2 is 1.94 bits per heavy atom. The maximum atomic E-state index is 12.6. The van der Waals surface area contributed by atoms with Crippen molar-refractivity contribution in [1.29, 1.82) is 0 Å². The van der Waals surface area contributed by atoms with Crippen molar-refractivity contribution in [1.82, 2.24) is 4.90 Å². The summed E-state index contributed by atoms with van der Waals surface area (Å²) in [6.07, 6.45) is 0. The van der Waals surface area contributed by atoms with Crippen LogP contribution < -0.4 is 5.32 Å². The topological polar surface area (TPSA) is 49.4 Å². The SMILES string of the molecule is CN1C(=O)S[C@@H](Nc2ccc(F)cc2)C1=O. The zero-order valence-electron chi connectivity index (χ0n) is 8.44. The summed E-state index contributed by atoms with van der Waals surface area (Å²) < 4.78 is 12.6. The molecule has 0 spiro atoms. The zero-order valence-corrected chi connectivity index (χ0v) is 9.25. The highest BCUT2D eigenvalue weighted by Gasteiger charge is 2.36. The number of amides is 2. The van der Waals surface area contributed by atoms with Gasteiger partial charge in [0.15, 0.2) is 5.37 Å². The minimum atomic E-state index is -0.622. The van der Waals surface area contributed by atoms with Gasteiger partial charge in [0, 0.05) is 12.7 Å². The van der Waals surface area contributed by atoms with Gasteiger partial charge in [0.2, 0.25) is 0 Å². The summed E-state index contributed by atoms with van der Waals surface area (Å²) in [6, 6.07) is 5.62. The molecule has 0 radical (unpaired) electrons. The fourth-order valence-electron chi connectivity index (χ4n) is 1.28. The van der Waals surface area contributed by atoms with Crippen molar-refractivity contribution in [2.75, 3.05) is 12.4 Å². The van der Waals surface area contributed by atoms with Crippen LogP contribution in [0.3, 0.4) is 0 Å². The number of likely N-dealkylation sites (N-methyl/N-ethyl adjacent to an activating group) is 1. The molecule has 6 heteroatoms. The van der Waals surface area contributed by atoms with Gasteiger partial charge in [-0.25, -0.2) is 4.39 Å². The highest BCUT2D eigenvalue weighted by atomic mass is 32.2. The number of anilines is 1. The molecule has 0 aromatic heterocycles. The number of nitrogens with one attached hydrogen (secondary N) is 1. The highest BCUT2D eigenvalue weighted by Crippen LogP contribution is 2.26. The second-order valence-electron chi connectivity index (χ2n) is 3.31. The van der Waals surface area contributed by atoms with Crippen molar-refractivity contribution >= 4 is 28.6 Å². The second kappa shape index (κ2) is 4.13. The van der Waals surface area contributed by atoms with Crippen molar-refractivity contribution in [3.63, 3.8) is 0 Å². The molecule has 2 rings (SSSR count). The summed E-state index contributed by atoms with van der Waals surface area (Å²) in [4.78, 5) is 23.8. The largest absolute Gasteiger partial charge is 0.365 e. The van der Waals surface area contributed by atoms with Crippen LogP contribution in [0.4, 0.5) is 14.9 Å². The van der Waals surface area contributed by atoms with E-state index in [1.807, 2.05) is 0 Å². The molecule has 2 amide bonds. The van der Waals surface area contributed by atoms with Gasteiger partial charge in [-0.05, 0) is 36.0 Å².